The number of rotatable bonds is 1. The number of benzene rings is 1. The highest BCUT2D eigenvalue weighted by Gasteiger charge is 2.25. The zero-order chi connectivity index (χ0) is 13.4. The number of aromatic amines is 1. The fourth-order valence-corrected chi connectivity index (χ4v) is 2.57. The van der Waals surface area contributed by atoms with E-state index in [1.165, 1.54) is 4.90 Å². The summed E-state index contributed by atoms with van der Waals surface area (Å²) in [7, 11) is 0. The lowest BCUT2D eigenvalue weighted by Gasteiger charge is -2.24. The van der Waals surface area contributed by atoms with Gasteiger partial charge in [0, 0.05) is 34.3 Å². The molecule has 1 aliphatic rings. The first-order valence-electron chi connectivity index (χ1n) is 5.95. The molecule has 19 heavy (non-hydrogen) atoms. The maximum atomic E-state index is 11.1. The van der Waals surface area contributed by atoms with E-state index in [0.29, 0.717) is 19.5 Å². The lowest BCUT2D eigenvalue weighted by molar-refractivity contribution is 0.140. The van der Waals surface area contributed by atoms with E-state index < -0.39 is 6.09 Å². The average molecular weight is 322 g/mol. The average Bonchev–Trinajstić information content (AvgIpc) is 2.82. The van der Waals surface area contributed by atoms with Crippen LogP contribution in [0.5, 0.6) is 0 Å². The van der Waals surface area contributed by atoms with Crippen molar-refractivity contribution in [1.29, 1.82) is 0 Å². The molecular formula is C13H12BrN3O2. The molecule has 0 saturated carbocycles. The summed E-state index contributed by atoms with van der Waals surface area (Å²) >= 11 is 3.40. The van der Waals surface area contributed by atoms with Gasteiger partial charge < -0.3 is 10.0 Å². The predicted molar refractivity (Wildman–Crippen MR) is 73.9 cm³/mol. The smallest absolute Gasteiger partial charge is 0.407 e. The Bertz CT molecular complexity index is 621. The molecule has 1 aromatic carbocycles. The quantitative estimate of drug-likeness (QED) is 0.848. The number of carbonyl (C=O) groups is 1. The molecule has 0 atom stereocenters. The van der Waals surface area contributed by atoms with Crippen LogP contribution in [0.25, 0.3) is 11.3 Å². The number of nitrogens with zero attached hydrogens (tertiary/aromatic N) is 2. The molecule has 0 unspecified atom stereocenters. The third-order valence-corrected chi connectivity index (χ3v) is 3.85. The number of halogens is 1. The molecule has 0 aliphatic carbocycles. The van der Waals surface area contributed by atoms with E-state index in [2.05, 4.69) is 26.1 Å². The monoisotopic (exact) mass is 321 g/mol. The summed E-state index contributed by atoms with van der Waals surface area (Å²) in [4.78, 5) is 12.5. The molecule has 2 N–H and O–H groups in total. The lowest BCUT2D eigenvalue weighted by atomic mass is 10.0. The van der Waals surface area contributed by atoms with Crippen LogP contribution in [0.2, 0.25) is 0 Å². The van der Waals surface area contributed by atoms with Crippen LogP contribution in [0.4, 0.5) is 4.79 Å². The number of aromatic nitrogens is 2. The zero-order valence-electron chi connectivity index (χ0n) is 10.1. The molecule has 0 bridgehead atoms. The van der Waals surface area contributed by atoms with Crippen molar-refractivity contribution in [3.05, 3.63) is 40.0 Å². The van der Waals surface area contributed by atoms with Gasteiger partial charge in [0.1, 0.15) is 0 Å². The Morgan fingerprint density at radius 3 is 2.79 bits per heavy atom. The van der Waals surface area contributed by atoms with Crippen LogP contribution in [0.1, 0.15) is 11.3 Å². The summed E-state index contributed by atoms with van der Waals surface area (Å²) < 4.78 is 1.01. The van der Waals surface area contributed by atoms with Gasteiger partial charge in [-0.05, 0) is 12.1 Å². The number of amides is 1. The second kappa shape index (κ2) is 4.70. The Morgan fingerprint density at radius 2 is 2.11 bits per heavy atom. The minimum absolute atomic E-state index is 0.395. The Hall–Kier alpha value is -1.82. The van der Waals surface area contributed by atoms with E-state index in [0.717, 1.165) is 27.0 Å². The van der Waals surface area contributed by atoms with E-state index >= 15 is 0 Å². The number of carboxylic acid groups (broad SMARTS) is 1. The van der Waals surface area contributed by atoms with Gasteiger partial charge in [-0.1, -0.05) is 28.1 Å². The van der Waals surface area contributed by atoms with Crippen LogP contribution >= 0.6 is 15.9 Å². The summed E-state index contributed by atoms with van der Waals surface area (Å²) in [5.41, 5.74) is 3.85. The predicted octanol–water partition coefficient (Wildman–Crippen LogP) is 2.88. The summed E-state index contributed by atoms with van der Waals surface area (Å²) in [5, 5.41) is 16.4. The van der Waals surface area contributed by atoms with Crippen LogP contribution < -0.4 is 0 Å². The first-order chi connectivity index (χ1) is 9.15. The first kappa shape index (κ1) is 12.2. The van der Waals surface area contributed by atoms with Crippen molar-refractivity contribution < 1.29 is 9.90 Å². The molecule has 1 aliphatic heterocycles. The highest BCUT2D eigenvalue weighted by atomic mass is 79.9. The normalized spacial score (nSPS) is 14.3. The largest absolute Gasteiger partial charge is 0.465 e. The van der Waals surface area contributed by atoms with Crippen LogP contribution in [0.15, 0.2) is 28.7 Å². The van der Waals surface area contributed by atoms with Crippen LogP contribution in [0, 0.1) is 0 Å². The summed E-state index contributed by atoms with van der Waals surface area (Å²) in [6.45, 7) is 0.914. The molecule has 0 fully saturated rings. The summed E-state index contributed by atoms with van der Waals surface area (Å²) in [6, 6.07) is 7.85. The van der Waals surface area contributed by atoms with Gasteiger partial charge in [0.05, 0.1) is 12.2 Å². The maximum absolute atomic E-state index is 11.1. The molecule has 0 spiro atoms. The lowest BCUT2D eigenvalue weighted by Crippen LogP contribution is -2.34. The van der Waals surface area contributed by atoms with Gasteiger partial charge in [-0.2, -0.15) is 5.10 Å². The minimum atomic E-state index is -0.881. The van der Waals surface area contributed by atoms with Gasteiger partial charge in [0.15, 0.2) is 0 Å². The van der Waals surface area contributed by atoms with E-state index in [4.69, 9.17) is 5.11 Å². The molecule has 6 heteroatoms. The van der Waals surface area contributed by atoms with Crippen molar-refractivity contribution in [1.82, 2.24) is 15.1 Å². The highest BCUT2D eigenvalue weighted by Crippen LogP contribution is 2.29. The topological polar surface area (TPSA) is 69.2 Å². The molecule has 2 aromatic rings. The minimum Gasteiger partial charge on any atom is -0.465 e. The molecule has 98 valence electrons. The fraction of sp³-hybridized carbons (Fsp3) is 0.231. The molecule has 0 saturated heterocycles. The third kappa shape index (κ3) is 2.23. The van der Waals surface area contributed by atoms with E-state index in [1.807, 2.05) is 24.3 Å². The Balaban J connectivity index is 1.99. The number of nitrogens with one attached hydrogen (secondary N) is 1. The van der Waals surface area contributed by atoms with Gasteiger partial charge in [-0.25, -0.2) is 4.79 Å². The molecule has 1 aromatic heterocycles. The van der Waals surface area contributed by atoms with Crippen molar-refractivity contribution in [2.45, 2.75) is 13.0 Å². The van der Waals surface area contributed by atoms with E-state index in [9.17, 15) is 4.79 Å². The molecule has 2 heterocycles. The van der Waals surface area contributed by atoms with Crippen LogP contribution in [-0.2, 0) is 13.0 Å². The summed E-state index contributed by atoms with van der Waals surface area (Å²) in [6.07, 6.45) is -0.195. The maximum Gasteiger partial charge on any atom is 0.407 e. The summed E-state index contributed by atoms with van der Waals surface area (Å²) in [5.74, 6) is 0. The SMILES string of the molecule is O=C(O)N1CCc2[nH]nc(-c3ccc(Br)cc3)c2C1. The van der Waals surface area contributed by atoms with E-state index in [-0.39, 0.29) is 0 Å². The van der Waals surface area contributed by atoms with Crippen LogP contribution in [-0.4, -0.2) is 32.8 Å². The number of fused-ring (bicyclic) bond motifs is 1. The van der Waals surface area contributed by atoms with Crippen molar-refractivity contribution in [3.8, 4) is 11.3 Å². The van der Waals surface area contributed by atoms with Gasteiger partial charge in [-0.15, -0.1) is 0 Å². The van der Waals surface area contributed by atoms with Gasteiger partial charge >= 0.3 is 6.09 Å². The molecule has 5 nitrogen and oxygen atoms in total. The third-order valence-electron chi connectivity index (χ3n) is 3.32. The van der Waals surface area contributed by atoms with Crippen molar-refractivity contribution in [2.75, 3.05) is 6.54 Å². The molecule has 1 amide bonds. The Morgan fingerprint density at radius 1 is 1.37 bits per heavy atom. The van der Waals surface area contributed by atoms with Crippen molar-refractivity contribution in [2.24, 2.45) is 0 Å². The second-order valence-electron chi connectivity index (χ2n) is 4.49. The number of H-pyrrole nitrogens is 1. The van der Waals surface area contributed by atoms with E-state index in [1.54, 1.807) is 0 Å². The number of hydrogen-bond acceptors (Lipinski definition) is 2. The number of hydrogen-bond donors (Lipinski definition) is 2. The first-order valence-corrected chi connectivity index (χ1v) is 6.74. The molecular weight excluding hydrogens is 310 g/mol. The van der Waals surface area contributed by atoms with Crippen molar-refractivity contribution >= 4 is 22.0 Å². The van der Waals surface area contributed by atoms with Crippen molar-refractivity contribution in [3.63, 3.8) is 0 Å². The van der Waals surface area contributed by atoms with Gasteiger partial charge in [-0.3, -0.25) is 5.10 Å². The zero-order valence-corrected chi connectivity index (χ0v) is 11.6. The highest BCUT2D eigenvalue weighted by molar-refractivity contribution is 9.10. The Kier molecular flexibility index (Phi) is 3.02. The molecule has 3 rings (SSSR count). The fourth-order valence-electron chi connectivity index (χ4n) is 2.30. The van der Waals surface area contributed by atoms with Gasteiger partial charge in [0.2, 0.25) is 0 Å². The Labute approximate surface area is 118 Å². The molecule has 0 radical (unpaired) electrons. The van der Waals surface area contributed by atoms with Gasteiger partial charge in [0.25, 0.3) is 0 Å². The standard InChI is InChI=1S/C13H12BrN3O2/c14-9-3-1-8(2-4-9)12-10-7-17(13(18)19)6-5-11(10)15-16-12/h1-4H,5-7H2,(H,15,16)(H,18,19). The second-order valence-corrected chi connectivity index (χ2v) is 5.41. The van der Waals surface area contributed by atoms with Crippen LogP contribution in [0.3, 0.4) is 0 Å².